The summed E-state index contributed by atoms with van der Waals surface area (Å²) in [6, 6.07) is 0. The van der Waals surface area contributed by atoms with E-state index in [2.05, 4.69) is 20.3 Å². The summed E-state index contributed by atoms with van der Waals surface area (Å²) in [4.78, 5) is 34.8. The number of hydrogen-bond donors (Lipinski definition) is 3. The Morgan fingerprint density at radius 3 is 2.92 bits per heavy atom. The monoisotopic (exact) mass is 370 g/mol. The highest BCUT2D eigenvalue weighted by Gasteiger charge is 2.15. The highest BCUT2D eigenvalue weighted by Crippen LogP contribution is 2.11. The Labute approximate surface area is 148 Å². The van der Waals surface area contributed by atoms with Gasteiger partial charge in [-0.3, -0.25) is 29.2 Å². The van der Waals surface area contributed by atoms with Crippen molar-refractivity contribution in [2.75, 3.05) is 19.0 Å². The lowest BCUT2D eigenvalue weighted by molar-refractivity contribution is -0.118. The molecule has 4 N–H and O–H groups in total. The lowest BCUT2D eigenvalue weighted by Gasteiger charge is -2.14. The van der Waals surface area contributed by atoms with Gasteiger partial charge in [0.1, 0.15) is 0 Å². The van der Waals surface area contributed by atoms with Crippen molar-refractivity contribution in [3.8, 4) is 0 Å². The molecule has 0 radical (unpaired) electrons. The number of aromatic amines is 1. The Kier molecular flexibility index (Phi) is 6.93. The van der Waals surface area contributed by atoms with Gasteiger partial charge >= 0.3 is 0 Å². The number of rotatable bonds is 9. The molecule has 25 heavy (non-hydrogen) atoms. The summed E-state index contributed by atoms with van der Waals surface area (Å²) < 4.78 is 12.1. The quantitative estimate of drug-likeness (QED) is 0.432. The number of carbonyl (C=O) groups excluding carboxylic acids is 1. The molecule has 0 saturated carbocycles. The molecule has 2 aromatic rings. The van der Waals surface area contributed by atoms with Crippen LogP contribution in [0.1, 0.15) is 20.3 Å². The Morgan fingerprint density at radius 1 is 1.52 bits per heavy atom. The third kappa shape index (κ3) is 5.01. The van der Waals surface area contributed by atoms with Gasteiger partial charge in [-0.15, -0.1) is 0 Å². The van der Waals surface area contributed by atoms with Crippen LogP contribution in [0, 0.1) is 5.92 Å². The van der Waals surface area contributed by atoms with Crippen molar-refractivity contribution >= 4 is 35.2 Å². The maximum absolute atomic E-state index is 12.1. The molecule has 0 fully saturated rings. The van der Waals surface area contributed by atoms with E-state index >= 15 is 0 Å². The summed E-state index contributed by atoms with van der Waals surface area (Å²) in [5, 5.41) is 7.82. The fraction of sp³-hybridized carbons (Fsp3) is 0.571. The molecule has 138 valence electrons. The average Bonchev–Trinajstić information content (AvgIpc) is 2.98. The van der Waals surface area contributed by atoms with Crippen LogP contribution in [0.5, 0.6) is 0 Å². The zero-order valence-corrected chi connectivity index (χ0v) is 15.1. The van der Waals surface area contributed by atoms with Crippen LogP contribution >= 0.6 is 12.2 Å². The molecule has 0 aromatic carbocycles. The van der Waals surface area contributed by atoms with E-state index in [0.717, 1.165) is 12.2 Å². The minimum atomic E-state index is -0.408. The number of imidazole rings is 1. The van der Waals surface area contributed by atoms with Gasteiger partial charge in [-0.25, -0.2) is 4.98 Å². The first-order valence-electron chi connectivity index (χ1n) is 7.73. The first-order valence-corrected chi connectivity index (χ1v) is 8.53. The zero-order chi connectivity index (χ0) is 18.4. The van der Waals surface area contributed by atoms with Crippen molar-refractivity contribution in [1.82, 2.24) is 19.5 Å². The number of nitrogens with one attached hydrogen (secondary N) is 2. The summed E-state index contributed by atoms with van der Waals surface area (Å²) in [5.41, 5.74) is 0.200. The first-order chi connectivity index (χ1) is 12.0. The number of hydrogen-bond acceptors (Lipinski definition) is 8. The van der Waals surface area contributed by atoms with E-state index < -0.39 is 5.56 Å². The van der Waals surface area contributed by atoms with Crippen molar-refractivity contribution < 1.29 is 13.7 Å². The number of fused-ring (bicyclic) bond motifs is 1. The van der Waals surface area contributed by atoms with Crippen LogP contribution in [-0.2, 0) is 20.3 Å². The maximum atomic E-state index is 12.1. The van der Waals surface area contributed by atoms with Crippen LogP contribution in [-0.4, -0.2) is 45.2 Å². The molecule has 0 saturated heterocycles. The number of aromatic nitrogens is 4. The second-order valence-electron chi connectivity index (χ2n) is 5.70. The number of amides is 1. The first kappa shape index (κ1) is 19.4. The van der Waals surface area contributed by atoms with Gasteiger partial charge in [-0.05, 0) is 6.42 Å². The van der Waals surface area contributed by atoms with Crippen LogP contribution in [0.25, 0.3) is 11.2 Å². The Morgan fingerprint density at radius 2 is 2.28 bits per heavy atom. The Hall–Kier alpha value is -1.95. The lowest BCUT2D eigenvalue weighted by atomic mass is 10.2. The van der Waals surface area contributed by atoms with Crippen molar-refractivity contribution in [3.05, 3.63) is 16.7 Å². The van der Waals surface area contributed by atoms with Gasteiger partial charge < -0.3 is 9.30 Å². The summed E-state index contributed by atoms with van der Waals surface area (Å²) in [7, 11) is 1.59. The molecule has 11 heteroatoms. The molecule has 0 bridgehead atoms. The molecule has 2 aromatic heterocycles. The van der Waals surface area contributed by atoms with Crippen LogP contribution in [0.2, 0.25) is 0 Å². The largest absolute Gasteiger partial charge is 0.379 e. The molecule has 0 spiro atoms. The van der Waals surface area contributed by atoms with Crippen molar-refractivity contribution in [3.63, 3.8) is 0 Å². The Bertz CT molecular complexity index is 774. The summed E-state index contributed by atoms with van der Waals surface area (Å²) >= 11 is 0.786. The molecule has 0 aliphatic heterocycles. The molecule has 2 heterocycles. The molecule has 2 rings (SSSR count). The third-order valence-electron chi connectivity index (χ3n) is 3.59. The van der Waals surface area contributed by atoms with Crippen LogP contribution in [0.3, 0.4) is 0 Å². The third-order valence-corrected chi connectivity index (χ3v) is 3.86. The van der Waals surface area contributed by atoms with Gasteiger partial charge in [-0.2, -0.15) is 4.98 Å². The number of ether oxygens (including phenoxy) is 1. The van der Waals surface area contributed by atoms with Crippen molar-refractivity contribution in [2.45, 2.75) is 32.9 Å². The van der Waals surface area contributed by atoms with Crippen LogP contribution in [0.15, 0.2) is 11.1 Å². The summed E-state index contributed by atoms with van der Waals surface area (Å²) in [6.07, 6.45) is 1.99. The minimum absolute atomic E-state index is 0.101. The predicted octanol–water partition coefficient (Wildman–Crippen LogP) is 0.658. The molecule has 0 aliphatic carbocycles. The predicted molar refractivity (Wildman–Crippen MR) is 94.8 cm³/mol. The van der Waals surface area contributed by atoms with E-state index in [0.29, 0.717) is 25.2 Å². The van der Waals surface area contributed by atoms with E-state index in [1.165, 1.54) is 6.33 Å². The molecule has 0 aliphatic rings. The molecular weight excluding hydrogens is 348 g/mol. The van der Waals surface area contributed by atoms with Gasteiger partial charge in [-0.1, -0.05) is 13.8 Å². The average molecular weight is 370 g/mol. The van der Waals surface area contributed by atoms with E-state index in [4.69, 9.17) is 14.1 Å². The van der Waals surface area contributed by atoms with Crippen molar-refractivity contribution in [2.24, 2.45) is 11.1 Å². The van der Waals surface area contributed by atoms with E-state index in [-0.39, 0.29) is 29.4 Å². The van der Waals surface area contributed by atoms with Crippen LogP contribution in [0.4, 0.5) is 5.95 Å². The molecule has 1 amide bonds. The normalized spacial score (nSPS) is 12.7. The minimum Gasteiger partial charge on any atom is -0.379 e. The van der Waals surface area contributed by atoms with Gasteiger partial charge in [0, 0.05) is 19.6 Å². The fourth-order valence-corrected chi connectivity index (χ4v) is 2.34. The zero-order valence-electron chi connectivity index (χ0n) is 14.3. The van der Waals surface area contributed by atoms with Gasteiger partial charge in [0.2, 0.25) is 11.9 Å². The molecule has 1 unspecified atom stereocenters. The number of methoxy groups -OCH3 is 1. The molecular formula is C14H22N6O4S. The number of anilines is 1. The van der Waals surface area contributed by atoms with Crippen molar-refractivity contribution in [1.29, 1.82) is 0 Å². The highest BCUT2D eigenvalue weighted by atomic mass is 32.2. The fourth-order valence-electron chi connectivity index (χ4n) is 2.11. The van der Waals surface area contributed by atoms with E-state index in [9.17, 15) is 9.59 Å². The summed E-state index contributed by atoms with van der Waals surface area (Å²) in [6.45, 7) is 4.36. The summed E-state index contributed by atoms with van der Waals surface area (Å²) in [5.74, 6) is -0.359. The topological polar surface area (TPSA) is 137 Å². The molecule has 1 atom stereocenters. The van der Waals surface area contributed by atoms with E-state index in [1.807, 2.05) is 0 Å². The van der Waals surface area contributed by atoms with Gasteiger partial charge in [0.25, 0.3) is 5.56 Å². The number of H-pyrrole nitrogens is 1. The van der Waals surface area contributed by atoms with Gasteiger partial charge in [0.05, 0.1) is 31.3 Å². The smallest absolute Gasteiger partial charge is 0.280 e. The Balaban J connectivity index is 2.19. The lowest BCUT2D eigenvalue weighted by Crippen LogP contribution is -2.22. The SMILES string of the molecule is COC(CCn1cnc2c(=O)[nH]c(NC(=O)C(C)C)nc21)COSN. The van der Waals surface area contributed by atoms with Crippen LogP contribution < -0.4 is 16.0 Å². The number of aryl methyl sites for hydroxylation is 1. The molecule has 10 nitrogen and oxygen atoms in total. The van der Waals surface area contributed by atoms with E-state index in [1.54, 1.807) is 25.5 Å². The maximum Gasteiger partial charge on any atom is 0.280 e. The highest BCUT2D eigenvalue weighted by molar-refractivity contribution is 7.92. The number of carbonyl (C=O) groups is 1. The number of nitrogens with two attached hydrogens (primary N) is 1. The standard InChI is InChI=1S/C14H22N6O4S/c1-8(2)12(21)18-14-17-11-10(13(22)19-14)16-7-20(11)5-4-9(23-3)6-24-25-15/h7-9H,4-6,15H2,1-3H3,(H2,17,18,19,21,22). The second-order valence-corrected chi connectivity index (χ2v) is 6.12. The van der Waals surface area contributed by atoms with Gasteiger partial charge in [0.15, 0.2) is 11.2 Å². The number of nitrogens with zero attached hydrogens (tertiary/aromatic N) is 3. The second kappa shape index (κ2) is 8.94.